The molecule has 5 aromatic rings. The van der Waals surface area contributed by atoms with Crippen LogP contribution in [0.2, 0.25) is 5.02 Å². The van der Waals surface area contributed by atoms with E-state index in [9.17, 15) is 8.42 Å². The quantitative estimate of drug-likeness (QED) is 0.142. The lowest BCUT2D eigenvalue weighted by Crippen LogP contribution is -2.36. The minimum atomic E-state index is -3.49. The van der Waals surface area contributed by atoms with Crippen LogP contribution in [0.15, 0.2) is 128 Å². The third-order valence-corrected chi connectivity index (χ3v) is 9.59. The highest BCUT2D eigenvalue weighted by molar-refractivity contribution is 7.89. The smallest absolute Gasteiger partial charge is 0.212 e. The lowest BCUT2D eigenvalue weighted by molar-refractivity contribution is 0.500. The van der Waals surface area contributed by atoms with E-state index in [1.165, 1.54) is 0 Å². The number of sulfonamides is 1. The molecule has 1 aromatic heterocycles. The molecular formula is C35H37ClN4O2S. The Labute approximate surface area is 259 Å². The van der Waals surface area contributed by atoms with Crippen LogP contribution in [0, 0.1) is 5.92 Å². The van der Waals surface area contributed by atoms with Gasteiger partial charge in [-0.15, -0.1) is 0 Å². The van der Waals surface area contributed by atoms with Crippen LogP contribution in [0.25, 0.3) is 0 Å². The summed E-state index contributed by atoms with van der Waals surface area (Å²) in [7, 11) is -3.49. The van der Waals surface area contributed by atoms with E-state index in [0.717, 1.165) is 40.8 Å². The van der Waals surface area contributed by atoms with Crippen molar-refractivity contribution in [2.45, 2.75) is 31.3 Å². The number of halogens is 1. The molecule has 0 radical (unpaired) electrons. The number of hydrogen-bond donors (Lipinski definition) is 2. The Morgan fingerprint density at radius 1 is 0.814 bits per heavy atom. The number of hydrogen-bond acceptors (Lipinski definition) is 4. The highest BCUT2D eigenvalue weighted by Gasteiger charge is 2.38. The van der Waals surface area contributed by atoms with Gasteiger partial charge >= 0.3 is 0 Å². The second-order valence-electron chi connectivity index (χ2n) is 10.8. The summed E-state index contributed by atoms with van der Waals surface area (Å²) >= 11 is 5.93. The lowest BCUT2D eigenvalue weighted by atomic mass is 9.77. The van der Waals surface area contributed by atoms with E-state index in [-0.39, 0.29) is 18.2 Å². The molecular weight excluding hydrogens is 576 g/mol. The van der Waals surface area contributed by atoms with Crippen molar-refractivity contribution in [3.05, 3.63) is 161 Å². The van der Waals surface area contributed by atoms with E-state index in [1.54, 1.807) is 12.1 Å². The molecule has 0 aliphatic carbocycles. The Morgan fingerprint density at radius 3 is 1.86 bits per heavy atom. The van der Waals surface area contributed by atoms with Crippen molar-refractivity contribution in [1.82, 2.24) is 14.3 Å². The molecule has 0 saturated carbocycles. The largest absolute Gasteiger partial charge is 0.330 e. The second kappa shape index (κ2) is 14.1. The third-order valence-electron chi connectivity index (χ3n) is 7.84. The summed E-state index contributed by atoms with van der Waals surface area (Å²) in [4.78, 5) is 4.82. The van der Waals surface area contributed by atoms with E-state index in [1.807, 2.05) is 36.7 Å². The van der Waals surface area contributed by atoms with Crippen molar-refractivity contribution < 1.29 is 8.42 Å². The Morgan fingerprint density at radius 2 is 1.35 bits per heavy atom. The zero-order chi connectivity index (χ0) is 30.1. The summed E-state index contributed by atoms with van der Waals surface area (Å²) in [5, 5.41) is 0.616. The molecule has 1 heterocycles. The highest BCUT2D eigenvalue weighted by Crippen LogP contribution is 2.40. The Kier molecular flexibility index (Phi) is 10.1. The van der Waals surface area contributed by atoms with Gasteiger partial charge in [-0.05, 0) is 66.1 Å². The number of nitrogens with two attached hydrogens (primary N) is 1. The molecule has 0 amide bonds. The van der Waals surface area contributed by atoms with Gasteiger partial charge in [0.05, 0.1) is 17.8 Å². The fraction of sp³-hybridized carbons (Fsp3) is 0.229. The van der Waals surface area contributed by atoms with Crippen LogP contribution in [-0.2, 0) is 28.5 Å². The van der Waals surface area contributed by atoms with Crippen LogP contribution >= 0.6 is 11.6 Å². The molecule has 1 atom stereocenters. The van der Waals surface area contributed by atoms with Gasteiger partial charge in [0, 0.05) is 17.8 Å². The van der Waals surface area contributed by atoms with Gasteiger partial charge in [0.1, 0.15) is 5.54 Å². The summed E-state index contributed by atoms with van der Waals surface area (Å²) in [6.45, 7) is 0.523. The van der Waals surface area contributed by atoms with Crippen molar-refractivity contribution in [1.29, 1.82) is 0 Å². The number of rotatable bonds is 14. The first kappa shape index (κ1) is 30.7. The minimum Gasteiger partial charge on any atom is -0.330 e. The molecule has 6 nitrogen and oxygen atoms in total. The Bertz CT molecular complexity index is 1580. The summed E-state index contributed by atoms with van der Waals surface area (Å²) in [5.41, 5.74) is 10.6. The Hall–Kier alpha value is -3.75. The van der Waals surface area contributed by atoms with Gasteiger partial charge in [-0.25, -0.2) is 18.1 Å². The van der Waals surface area contributed by atoms with Crippen molar-refractivity contribution in [2.24, 2.45) is 11.7 Å². The summed E-state index contributed by atoms with van der Waals surface area (Å²) < 4.78 is 30.5. The molecule has 0 saturated heterocycles. The molecule has 222 valence electrons. The average molecular weight is 613 g/mol. The van der Waals surface area contributed by atoms with Crippen LogP contribution in [0.4, 0.5) is 0 Å². The van der Waals surface area contributed by atoms with E-state index >= 15 is 0 Å². The summed E-state index contributed by atoms with van der Waals surface area (Å²) in [6.07, 6.45) is 6.21. The number of nitrogens with zero attached hydrogens (tertiary/aromatic N) is 2. The van der Waals surface area contributed by atoms with Gasteiger partial charge in [-0.2, -0.15) is 0 Å². The maximum absolute atomic E-state index is 12.8. The molecule has 3 N–H and O–H groups in total. The fourth-order valence-electron chi connectivity index (χ4n) is 5.67. The third kappa shape index (κ3) is 7.43. The van der Waals surface area contributed by atoms with Gasteiger partial charge in [0.25, 0.3) is 0 Å². The number of nitrogens with one attached hydrogen (secondary N) is 1. The maximum atomic E-state index is 12.8. The van der Waals surface area contributed by atoms with E-state index in [0.29, 0.717) is 18.0 Å². The Balaban J connectivity index is 1.31. The summed E-state index contributed by atoms with van der Waals surface area (Å²) in [6, 6.07) is 38.6. The van der Waals surface area contributed by atoms with Crippen LogP contribution in [-0.4, -0.2) is 30.3 Å². The molecule has 0 aliphatic heterocycles. The van der Waals surface area contributed by atoms with Crippen LogP contribution in [0.3, 0.4) is 0 Å². The predicted octanol–water partition coefficient (Wildman–Crippen LogP) is 6.39. The number of benzene rings is 4. The zero-order valence-corrected chi connectivity index (χ0v) is 25.6. The monoisotopic (exact) mass is 612 g/mol. The number of aryl methyl sites for hydroxylation is 1. The standard InChI is InChI=1S/C35H37ClN4O2S/c36-33-21-19-28(20-22-33)24-39-43(41,42)26-29(23-37)11-10-18-34-25-40(27-38-34)35(30-12-4-1-5-13-30,31-14-6-2-7-15-31)32-16-8-3-9-17-32/h1-9,12-17,19-22,25,27,29,39H,10-11,18,23-24,26,37H2. The highest BCUT2D eigenvalue weighted by atomic mass is 35.5. The van der Waals surface area contributed by atoms with Gasteiger partial charge < -0.3 is 10.3 Å². The molecule has 8 heteroatoms. The fourth-order valence-corrected chi connectivity index (χ4v) is 7.22. The summed E-state index contributed by atoms with van der Waals surface area (Å²) in [5.74, 6) is -0.160. The lowest BCUT2D eigenvalue weighted by Gasteiger charge is -2.37. The number of aromatic nitrogens is 2. The van der Waals surface area contributed by atoms with Gasteiger partial charge in [0.2, 0.25) is 10.0 Å². The van der Waals surface area contributed by atoms with E-state index in [2.05, 4.69) is 88.3 Å². The first-order valence-corrected chi connectivity index (χ1v) is 16.6. The molecule has 1 unspecified atom stereocenters. The van der Waals surface area contributed by atoms with Crippen molar-refractivity contribution in [3.8, 4) is 0 Å². The topological polar surface area (TPSA) is 90.0 Å². The van der Waals surface area contributed by atoms with Gasteiger partial charge in [-0.3, -0.25) is 0 Å². The first-order chi connectivity index (χ1) is 20.9. The van der Waals surface area contributed by atoms with Crippen molar-refractivity contribution >= 4 is 21.6 Å². The molecule has 0 fully saturated rings. The SMILES string of the molecule is NCC(CCCc1cn(C(c2ccccc2)(c2ccccc2)c2ccccc2)cn1)CS(=O)(=O)NCc1ccc(Cl)cc1. The molecule has 0 spiro atoms. The average Bonchev–Trinajstić information content (AvgIpc) is 3.51. The first-order valence-electron chi connectivity index (χ1n) is 14.5. The van der Waals surface area contributed by atoms with Crippen molar-refractivity contribution in [2.75, 3.05) is 12.3 Å². The molecule has 43 heavy (non-hydrogen) atoms. The molecule has 5 rings (SSSR count). The molecule has 0 bridgehead atoms. The molecule has 0 aliphatic rings. The van der Waals surface area contributed by atoms with Gasteiger partial charge in [-0.1, -0.05) is 115 Å². The zero-order valence-electron chi connectivity index (χ0n) is 24.0. The number of imidazole rings is 1. The second-order valence-corrected chi connectivity index (χ2v) is 13.1. The predicted molar refractivity (Wildman–Crippen MR) is 174 cm³/mol. The minimum absolute atomic E-state index is 0.00926. The van der Waals surface area contributed by atoms with Crippen LogP contribution < -0.4 is 10.5 Å². The van der Waals surface area contributed by atoms with Crippen LogP contribution in [0.5, 0.6) is 0 Å². The maximum Gasteiger partial charge on any atom is 0.212 e. The van der Waals surface area contributed by atoms with Crippen LogP contribution in [0.1, 0.15) is 40.8 Å². The molecule has 4 aromatic carbocycles. The van der Waals surface area contributed by atoms with Gasteiger partial charge in [0.15, 0.2) is 0 Å². The van der Waals surface area contributed by atoms with Crippen molar-refractivity contribution in [3.63, 3.8) is 0 Å². The van der Waals surface area contributed by atoms with E-state index < -0.39 is 15.6 Å². The normalized spacial score (nSPS) is 12.7. The van der Waals surface area contributed by atoms with E-state index in [4.69, 9.17) is 22.3 Å².